The molecular formula is C9H12N4O3. The number of nitrogens with zero attached hydrogens (tertiary/aromatic N) is 2. The molecule has 0 aliphatic rings. The van der Waals surface area contributed by atoms with E-state index < -0.39 is 12.0 Å². The molecular weight excluding hydrogens is 212 g/mol. The second-order valence-corrected chi connectivity index (χ2v) is 3.24. The van der Waals surface area contributed by atoms with Crippen LogP contribution in [0.15, 0.2) is 12.4 Å². The molecule has 7 heteroatoms. The normalized spacial score (nSPS) is 9.94. The SMILES string of the molecule is CC(C)OC(=O)Nc1cnc(C(N)=O)nc1. The highest BCUT2D eigenvalue weighted by molar-refractivity contribution is 5.89. The Kier molecular flexibility index (Phi) is 3.76. The van der Waals surface area contributed by atoms with Gasteiger partial charge in [0.25, 0.3) is 5.91 Å². The van der Waals surface area contributed by atoms with E-state index in [4.69, 9.17) is 10.5 Å². The number of nitrogens with two attached hydrogens (primary N) is 1. The fourth-order valence-electron chi connectivity index (χ4n) is 0.881. The number of hydrogen-bond donors (Lipinski definition) is 2. The highest BCUT2D eigenvalue weighted by Gasteiger charge is 2.07. The summed E-state index contributed by atoms with van der Waals surface area (Å²) < 4.78 is 4.83. The van der Waals surface area contributed by atoms with Crippen LogP contribution in [0.5, 0.6) is 0 Å². The molecule has 0 bridgehead atoms. The molecule has 1 aromatic heterocycles. The van der Waals surface area contributed by atoms with Crippen molar-refractivity contribution >= 4 is 17.7 Å². The lowest BCUT2D eigenvalue weighted by Gasteiger charge is -2.08. The van der Waals surface area contributed by atoms with Crippen LogP contribution in [0.25, 0.3) is 0 Å². The van der Waals surface area contributed by atoms with Crippen molar-refractivity contribution in [2.45, 2.75) is 20.0 Å². The molecule has 3 N–H and O–H groups in total. The van der Waals surface area contributed by atoms with Gasteiger partial charge in [-0.15, -0.1) is 0 Å². The van der Waals surface area contributed by atoms with Crippen LogP contribution < -0.4 is 11.1 Å². The van der Waals surface area contributed by atoms with E-state index in [1.54, 1.807) is 13.8 Å². The van der Waals surface area contributed by atoms with Gasteiger partial charge in [0.05, 0.1) is 24.2 Å². The zero-order valence-electron chi connectivity index (χ0n) is 8.93. The topological polar surface area (TPSA) is 107 Å². The smallest absolute Gasteiger partial charge is 0.411 e. The van der Waals surface area contributed by atoms with E-state index in [0.717, 1.165) is 0 Å². The number of rotatable bonds is 3. The van der Waals surface area contributed by atoms with Crippen molar-refractivity contribution < 1.29 is 14.3 Å². The summed E-state index contributed by atoms with van der Waals surface area (Å²) in [6.07, 6.45) is 1.72. The van der Waals surface area contributed by atoms with Gasteiger partial charge in [-0.3, -0.25) is 10.1 Å². The van der Waals surface area contributed by atoms with Gasteiger partial charge in [0.15, 0.2) is 0 Å². The zero-order valence-corrected chi connectivity index (χ0v) is 8.93. The lowest BCUT2D eigenvalue weighted by Crippen LogP contribution is -2.19. The Morgan fingerprint density at radius 2 is 1.94 bits per heavy atom. The summed E-state index contributed by atoms with van der Waals surface area (Å²) in [6.45, 7) is 3.46. The molecule has 1 heterocycles. The standard InChI is InChI=1S/C9H12N4O3/c1-5(2)16-9(15)13-6-3-11-8(7(10)14)12-4-6/h3-5H,1-2H3,(H2,10,14)(H,13,15). The van der Waals surface area contributed by atoms with E-state index >= 15 is 0 Å². The van der Waals surface area contributed by atoms with Gasteiger partial charge in [-0.2, -0.15) is 0 Å². The molecule has 86 valence electrons. The molecule has 0 saturated carbocycles. The van der Waals surface area contributed by atoms with E-state index in [-0.39, 0.29) is 11.9 Å². The van der Waals surface area contributed by atoms with Crippen LogP contribution >= 0.6 is 0 Å². The van der Waals surface area contributed by atoms with Crippen LogP contribution in [0.3, 0.4) is 0 Å². The van der Waals surface area contributed by atoms with Gasteiger partial charge in [-0.1, -0.05) is 0 Å². The molecule has 2 amide bonds. The van der Waals surface area contributed by atoms with E-state index in [1.165, 1.54) is 12.4 Å². The Morgan fingerprint density at radius 3 is 2.38 bits per heavy atom. The van der Waals surface area contributed by atoms with Crippen LogP contribution in [-0.2, 0) is 4.74 Å². The lowest BCUT2D eigenvalue weighted by atomic mass is 10.5. The third kappa shape index (κ3) is 3.52. The molecule has 0 aromatic carbocycles. The quantitative estimate of drug-likeness (QED) is 0.778. The van der Waals surface area contributed by atoms with Gasteiger partial charge in [0.1, 0.15) is 0 Å². The lowest BCUT2D eigenvalue weighted by molar-refractivity contribution is 0.0990. The molecule has 0 spiro atoms. The van der Waals surface area contributed by atoms with Crippen molar-refractivity contribution in [3.8, 4) is 0 Å². The van der Waals surface area contributed by atoms with Crippen LogP contribution in [0, 0.1) is 0 Å². The van der Waals surface area contributed by atoms with Crippen molar-refractivity contribution in [1.82, 2.24) is 9.97 Å². The van der Waals surface area contributed by atoms with Crippen molar-refractivity contribution in [3.63, 3.8) is 0 Å². The van der Waals surface area contributed by atoms with Crippen molar-refractivity contribution in [3.05, 3.63) is 18.2 Å². The second-order valence-electron chi connectivity index (χ2n) is 3.24. The summed E-state index contributed by atoms with van der Waals surface area (Å²) >= 11 is 0. The summed E-state index contributed by atoms with van der Waals surface area (Å²) in [5.74, 6) is -0.834. The minimum absolute atomic E-state index is 0.109. The van der Waals surface area contributed by atoms with Crippen molar-refractivity contribution in [1.29, 1.82) is 0 Å². The Hall–Kier alpha value is -2.18. The maximum absolute atomic E-state index is 11.2. The van der Waals surface area contributed by atoms with E-state index in [0.29, 0.717) is 5.69 Å². The summed E-state index contributed by atoms with van der Waals surface area (Å²) in [6, 6.07) is 0. The molecule has 0 saturated heterocycles. The maximum atomic E-state index is 11.2. The molecule has 7 nitrogen and oxygen atoms in total. The molecule has 1 aromatic rings. The van der Waals surface area contributed by atoms with E-state index in [2.05, 4.69) is 15.3 Å². The first-order valence-electron chi connectivity index (χ1n) is 4.58. The van der Waals surface area contributed by atoms with Crippen LogP contribution in [0.4, 0.5) is 10.5 Å². The van der Waals surface area contributed by atoms with Gasteiger partial charge in [-0.05, 0) is 13.8 Å². The predicted molar refractivity (Wildman–Crippen MR) is 55.8 cm³/mol. The second kappa shape index (κ2) is 5.06. The van der Waals surface area contributed by atoms with Crippen LogP contribution in [0.1, 0.15) is 24.5 Å². The molecule has 0 radical (unpaired) electrons. The molecule has 1 rings (SSSR count). The van der Waals surface area contributed by atoms with E-state index in [1.807, 2.05) is 0 Å². The van der Waals surface area contributed by atoms with Gasteiger partial charge in [0, 0.05) is 0 Å². The van der Waals surface area contributed by atoms with Gasteiger partial charge < -0.3 is 10.5 Å². The average Bonchev–Trinajstić information content (AvgIpc) is 2.16. The first-order valence-corrected chi connectivity index (χ1v) is 4.58. The fourth-order valence-corrected chi connectivity index (χ4v) is 0.881. The number of ether oxygens (including phenoxy) is 1. The van der Waals surface area contributed by atoms with Crippen LogP contribution in [0.2, 0.25) is 0 Å². The summed E-state index contributed by atoms with van der Waals surface area (Å²) in [4.78, 5) is 29.1. The number of primary amides is 1. The minimum Gasteiger partial charge on any atom is -0.447 e. The number of anilines is 1. The monoisotopic (exact) mass is 224 g/mol. The Bertz CT molecular complexity index is 388. The zero-order chi connectivity index (χ0) is 12.1. The Morgan fingerprint density at radius 1 is 1.38 bits per heavy atom. The maximum Gasteiger partial charge on any atom is 0.411 e. The van der Waals surface area contributed by atoms with Gasteiger partial charge in [0.2, 0.25) is 5.82 Å². The Labute approximate surface area is 92.0 Å². The van der Waals surface area contributed by atoms with Crippen molar-refractivity contribution in [2.75, 3.05) is 5.32 Å². The van der Waals surface area contributed by atoms with Gasteiger partial charge >= 0.3 is 6.09 Å². The summed E-state index contributed by atoms with van der Waals surface area (Å²) in [5, 5.41) is 2.40. The summed E-state index contributed by atoms with van der Waals surface area (Å²) in [5.41, 5.74) is 5.28. The van der Waals surface area contributed by atoms with Gasteiger partial charge in [-0.25, -0.2) is 14.8 Å². The highest BCUT2D eigenvalue weighted by Crippen LogP contribution is 2.04. The number of carbonyl (C=O) groups excluding carboxylic acids is 2. The number of nitrogens with one attached hydrogen (secondary N) is 1. The summed E-state index contributed by atoms with van der Waals surface area (Å²) in [7, 11) is 0. The van der Waals surface area contributed by atoms with Crippen LogP contribution in [-0.4, -0.2) is 28.1 Å². The fraction of sp³-hybridized carbons (Fsp3) is 0.333. The number of hydrogen-bond acceptors (Lipinski definition) is 5. The molecule has 0 fully saturated rings. The first-order chi connectivity index (χ1) is 7.49. The highest BCUT2D eigenvalue weighted by atomic mass is 16.6. The number of aromatic nitrogens is 2. The van der Waals surface area contributed by atoms with E-state index in [9.17, 15) is 9.59 Å². The molecule has 0 aliphatic carbocycles. The number of amides is 2. The predicted octanol–water partition coefficient (Wildman–Crippen LogP) is 0.532. The Balaban J connectivity index is 2.62. The molecule has 0 atom stereocenters. The average molecular weight is 224 g/mol. The van der Waals surface area contributed by atoms with Crippen molar-refractivity contribution in [2.24, 2.45) is 5.73 Å². The molecule has 0 unspecified atom stereocenters. The molecule has 0 aliphatic heterocycles. The number of carbonyl (C=O) groups is 2. The first kappa shape index (κ1) is 11.9. The third-order valence-corrected chi connectivity index (χ3v) is 1.46. The minimum atomic E-state index is -0.726. The third-order valence-electron chi connectivity index (χ3n) is 1.46. The molecule has 16 heavy (non-hydrogen) atoms. The largest absolute Gasteiger partial charge is 0.447 e.